The third-order valence-electron chi connectivity index (χ3n) is 2.17. The number of hydrogen-bond donors (Lipinski definition) is 1. The zero-order valence-electron chi connectivity index (χ0n) is 9.65. The van der Waals surface area contributed by atoms with Gasteiger partial charge in [-0.05, 0) is 5.92 Å². The first-order valence-corrected chi connectivity index (χ1v) is 8.69. The van der Waals surface area contributed by atoms with E-state index in [1.54, 1.807) is 0 Å². The largest absolute Gasteiger partial charge is 0.317 e. The molecule has 0 heterocycles. The molecule has 0 amide bonds. The Kier molecular flexibility index (Phi) is 5.35. The molecule has 0 aliphatic rings. The van der Waals surface area contributed by atoms with Gasteiger partial charge in [-0.1, -0.05) is 52.3 Å². The summed E-state index contributed by atoms with van der Waals surface area (Å²) in [4.78, 5) is 0. The van der Waals surface area contributed by atoms with Crippen LogP contribution in [0.15, 0.2) is 0 Å². The van der Waals surface area contributed by atoms with Crippen LogP contribution in [0.4, 0.5) is 0 Å². The molecule has 0 radical (unpaired) electrons. The highest BCUT2D eigenvalue weighted by atomic mass is 28.3. The average molecular weight is 197 g/mol. The first-order chi connectivity index (χ1) is 5.90. The molecule has 0 aromatic heterocycles. The maximum atomic E-state index is 5.99. The molecular weight excluding hydrogens is 174 g/mol. The predicted octanol–water partition coefficient (Wildman–Crippen LogP) is 2.63. The molecule has 0 bridgehead atoms. The van der Waals surface area contributed by atoms with Crippen LogP contribution in [-0.4, -0.2) is 14.1 Å². The van der Waals surface area contributed by atoms with Crippen molar-refractivity contribution in [2.45, 2.75) is 52.4 Å². The van der Waals surface area contributed by atoms with Crippen molar-refractivity contribution in [1.82, 2.24) is 0 Å². The van der Waals surface area contributed by atoms with Gasteiger partial charge in [0.25, 0.3) is 0 Å². The van der Waals surface area contributed by atoms with Gasteiger partial charge in [-0.2, -0.15) is 0 Å². The first kappa shape index (κ1) is 12.7. The van der Waals surface area contributed by atoms with E-state index in [9.17, 15) is 0 Å². The Morgan fingerprint density at radius 2 is 1.62 bits per heavy atom. The molecule has 0 spiro atoms. The van der Waals surface area contributed by atoms with Crippen LogP contribution in [0.2, 0.25) is 19.6 Å². The monoisotopic (exact) mass is 197 g/mol. The second-order valence-electron chi connectivity index (χ2n) is 4.62. The molecule has 0 aliphatic heterocycles. The van der Waals surface area contributed by atoms with Gasteiger partial charge in [-0.25, -0.2) is 0 Å². The smallest absolute Gasteiger partial charge is 0.129 e. The van der Waals surface area contributed by atoms with Crippen molar-refractivity contribution in [1.29, 1.82) is 0 Å². The molecule has 0 saturated heterocycles. The minimum absolute atomic E-state index is 0.0849. The van der Waals surface area contributed by atoms with Crippen LogP contribution in [0, 0.1) is 17.4 Å². The lowest BCUT2D eigenvalue weighted by molar-refractivity contribution is 0.453. The van der Waals surface area contributed by atoms with Gasteiger partial charge in [0.15, 0.2) is 0 Å². The summed E-state index contributed by atoms with van der Waals surface area (Å²) in [5.41, 5.74) is 9.33. The van der Waals surface area contributed by atoms with Gasteiger partial charge < -0.3 is 5.73 Å². The van der Waals surface area contributed by atoms with E-state index in [1.165, 1.54) is 0 Å². The maximum absolute atomic E-state index is 5.99. The van der Waals surface area contributed by atoms with E-state index in [2.05, 4.69) is 45.0 Å². The molecule has 0 aromatic rings. The van der Waals surface area contributed by atoms with Crippen LogP contribution in [-0.2, 0) is 0 Å². The molecule has 0 rings (SSSR count). The molecule has 0 aliphatic carbocycles. The third-order valence-corrected chi connectivity index (χ3v) is 3.06. The van der Waals surface area contributed by atoms with Crippen molar-refractivity contribution in [3.05, 3.63) is 0 Å². The van der Waals surface area contributed by atoms with E-state index in [4.69, 9.17) is 5.73 Å². The average Bonchev–Trinajstić information content (AvgIpc) is 2.02. The topological polar surface area (TPSA) is 26.0 Å². The van der Waals surface area contributed by atoms with Crippen LogP contribution >= 0.6 is 0 Å². The molecule has 76 valence electrons. The van der Waals surface area contributed by atoms with Crippen LogP contribution in [0.5, 0.6) is 0 Å². The van der Waals surface area contributed by atoms with E-state index < -0.39 is 8.07 Å². The van der Waals surface area contributed by atoms with Crippen LogP contribution in [0.25, 0.3) is 0 Å². The number of hydrogen-bond acceptors (Lipinski definition) is 1. The van der Waals surface area contributed by atoms with E-state index >= 15 is 0 Å². The summed E-state index contributed by atoms with van der Waals surface area (Å²) in [5, 5.41) is 0. The fourth-order valence-corrected chi connectivity index (χ4v) is 1.81. The molecule has 0 fully saturated rings. The molecule has 0 unspecified atom stereocenters. The summed E-state index contributed by atoms with van der Waals surface area (Å²) >= 11 is 0. The van der Waals surface area contributed by atoms with E-state index in [0.29, 0.717) is 5.92 Å². The highest BCUT2D eigenvalue weighted by Gasteiger charge is 2.13. The zero-order chi connectivity index (χ0) is 10.5. The van der Waals surface area contributed by atoms with Gasteiger partial charge in [-0.3, -0.25) is 0 Å². The normalized spacial score (nSPS) is 13.8. The zero-order valence-corrected chi connectivity index (χ0v) is 10.6. The van der Waals surface area contributed by atoms with Crippen molar-refractivity contribution in [2.75, 3.05) is 0 Å². The van der Waals surface area contributed by atoms with Gasteiger partial charge in [0.2, 0.25) is 0 Å². The van der Waals surface area contributed by atoms with E-state index in [0.717, 1.165) is 12.8 Å². The van der Waals surface area contributed by atoms with Crippen molar-refractivity contribution < 1.29 is 0 Å². The molecule has 0 aromatic carbocycles. The maximum Gasteiger partial charge on any atom is 0.129 e. The summed E-state index contributed by atoms with van der Waals surface area (Å²) < 4.78 is 0. The number of rotatable bonds is 3. The van der Waals surface area contributed by atoms with Crippen LogP contribution in [0.1, 0.15) is 26.7 Å². The Hall–Kier alpha value is -0.263. The summed E-state index contributed by atoms with van der Waals surface area (Å²) in [5.74, 6) is 3.79. The lowest BCUT2D eigenvalue weighted by atomic mass is 9.96. The lowest BCUT2D eigenvalue weighted by Crippen LogP contribution is -2.29. The second-order valence-corrected chi connectivity index (χ2v) is 9.37. The standard InChI is InChI=1S/C11H23NSi/c1-6-10(7-2)11(12)8-9-13(3,4)5/h10-11H,6-7,12H2,1-5H3/t11-/m1/s1. The van der Waals surface area contributed by atoms with Gasteiger partial charge in [-0.15, -0.1) is 5.54 Å². The fourth-order valence-electron chi connectivity index (χ4n) is 1.21. The molecule has 13 heavy (non-hydrogen) atoms. The Morgan fingerprint density at radius 3 is 1.92 bits per heavy atom. The van der Waals surface area contributed by atoms with Crippen molar-refractivity contribution in [3.63, 3.8) is 0 Å². The van der Waals surface area contributed by atoms with Gasteiger partial charge in [0.1, 0.15) is 8.07 Å². The lowest BCUT2D eigenvalue weighted by Gasteiger charge is -2.16. The molecule has 2 N–H and O–H groups in total. The van der Waals surface area contributed by atoms with E-state index in [-0.39, 0.29) is 6.04 Å². The summed E-state index contributed by atoms with van der Waals surface area (Å²) in [6.07, 6.45) is 2.27. The van der Waals surface area contributed by atoms with Gasteiger partial charge in [0.05, 0.1) is 6.04 Å². The van der Waals surface area contributed by atoms with Crippen molar-refractivity contribution in [2.24, 2.45) is 11.7 Å². The quantitative estimate of drug-likeness (QED) is 0.546. The fraction of sp³-hybridized carbons (Fsp3) is 0.818. The Bertz CT molecular complexity index is 190. The molecular formula is C11H23NSi. The van der Waals surface area contributed by atoms with Crippen LogP contribution < -0.4 is 5.73 Å². The minimum Gasteiger partial charge on any atom is -0.317 e. The summed E-state index contributed by atoms with van der Waals surface area (Å²) in [6.45, 7) is 11.1. The molecule has 1 atom stereocenters. The molecule has 2 heteroatoms. The Labute approximate surface area is 84.1 Å². The highest BCUT2D eigenvalue weighted by molar-refractivity contribution is 6.83. The Morgan fingerprint density at radius 1 is 1.15 bits per heavy atom. The highest BCUT2D eigenvalue weighted by Crippen LogP contribution is 2.10. The second kappa shape index (κ2) is 5.46. The molecule has 0 saturated carbocycles. The van der Waals surface area contributed by atoms with Gasteiger partial charge >= 0.3 is 0 Å². The number of nitrogens with two attached hydrogens (primary N) is 1. The first-order valence-electron chi connectivity index (χ1n) is 5.19. The van der Waals surface area contributed by atoms with Gasteiger partial charge in [0, 0.05) is 0 Å². The van der Waals surface area contributed by atoms with Crippen molar-refractivity contribution in [3.8, 4) is 11.5 Å². The SMILES string of the molecule is CCC(CC)[C@H](N)C#C[Si](C)(C)C. The third kappa shape index (κ3) is 5.90. The summed E-state index contributed by atoms with van der Waals surface area (Å²) in [6, 6.07) is 0.0849. The van der Waals surface area contributed by atoms with E-state index in [1.807, 2.05) is 0 Å². The van der Waals surface area contributed by atoms with Crippen LogP contribution in [0.3, 0.4) is 0 Å². The molecule has 1 nitrogen and oxygen atoms in total. The minimum atomic E-state index is -1.23. The predicted molar refractivity (Wildman–Crippen MR) is 63.2 cm³/mol. The Balaban J connectivity index is 4.24. The summed E-state index contributed by atoms with van der Waals surface area (Å²) in [7, 11) is -1.23. The van der Waals surface area contributed by atoms with Crippen molar-refractivity contribution >= 4 is 8.07 Å².